The number of benzene rings is 1. The summed E-state index contributed by atoms with van der Waals surface area (Å²) in [5, 5.41) is 10.3. The van der Waals surface area contributed by atoms with Crippen molar-refractivity contribution in [2.24, 2.45) is 0 Å². The lowest BCUT2D eigenvalue weighted by Gasteiger charge is -2.06. The molecule has 0 amide bonds. The number of fused-ring (bicyclic) bond motifs is 1. The number of hydrogen-bond acceptors (Lipinski definition) is 3. The summed E-state index contributed by atoms with van der Waals surface area (Å²) in [5.74, 6) is 0.428. The Morgan fingerprint density at radius 1 is 1.26 bits per heavy atom. The quantitative estimate of drug-likeness (QED) is 0.880. The van der Waals surface area contributed by atoms with Crippen molar-refractivity contribution < 1.29 is 13.5 Å². The summed E-state index contributed by atoms with van der Waals surface area (Å²) >= 11 is 0. The van der Waals surface area contributed by atoms with Gasteiger partial charge in [-0.1, -0.05) is 19.1 Å². The normalized spacial score (nSPS) is 12.1. The standard InChI is InChI=1S/C14H19NO3S/c1-2-19(17,18)9-3-7-15-8-6-13-5-4-12(11-16)10-14(13)15/h4-6,8,10,16H,2-3,7,9,11H2,1H3. The molecule has 4 nitrogen and oxygen atoms in total. The number of hydrogen-bond donors (Lipinski definition) is 1. The van der Waals surface area contributed by atoms with Gasteiger partial charge in [0.25, 0.3) is 0 Å². The zero-order chi connectivity index (χ0) is 13.9. The Hall–Kier alpha value is -1.33. The van der Waals surface area contributed by atoms with Crippen LogP contribution in [0.3, 0.4) is 0 Å². The predicted molar refractivity (Wildman–Crippen MR) is 76.8 cm³/mol. The van der Waals surface area contributed by atoms with Crippen LogP contribution < -0.4 is 0 Å². The minimum Gasteiger partial charge on any atom is -0.392 e. The Kier molecular flexibility index (Phi) is 4.27. The molecule has 2 aromatic rings. The summed E-state index contributed by atoms with van der Waals surface area (Å²) < 4.78 is 24.9. The van der Waals surface area contributed by atoms with Crippen molar-refractivity contribution in [1.29, 1.82) is 0 Å². The van der Waals surface area contributed by atoms with Crippen molar-refractivity contribution in [3.05, 3.63) is 36.0 Å². The van der Waals surface area contributed by atoms with Crippen molar-refractivity contribution in [2.45, 2.75) is 26.5 Å². The van der Waals surface area contributed by atoms with Crippen LogP contribution in [0.4, 0.5) is 0 Å². The molecule has 2 rings (SSSR count). The monoisotopic (exact) mass is 281 g/mol. The molecule has 1 aromatic carbocycles. The highest BCUT2D eigenvalue weighted by atomic mass is 32.2. The van der Waals surface area contributed by atoms with Gasteiger partial charge in [0.2, 0.25) is 0 Å². The number of aromatic nitrogens is 1. The predicted octanol–water partition coefficient (Wildman–Crippen LogP) is 1.96. The van der Waals surface area contributed by atoms with Crippen LogP contribution in [0.15, 0.2) is 30.5 Å². The smallest absolute Gasteiger partial charge is 0.150 e. The van der Waals surface area contributed by atoms with E-state index in [1.807, 2.05) is 35.0 Å². The average Bonchev–Trinajstić information content (AvgIpc) is 2.81. The summed E-state index contributed by atoms with van der Waals surface area (Å²) in [6.45, 7) is 2.37. The van der Waals surface area contributed by atoms with Crippen molar-refractivity contribution in [2.75, 3.05) is 11.5 Å². The second kappa shape index (κ2) is 5.75. The Balaban J connectivity index is 2.12. The topological polar surface area (TPSA) is 59.3 Å². The number of aliphatic hydroxyl groups excluding tert-OH is 1. The van der Waals surface area contributed by atoms with Gasteiger partial charge >= 0.3 is 0 Å². The third kappa shape index (κ3) is 3.36. The molecular weight excluding hydrogens is 262 g/mol. The van der Waals surface area contributed by atoms with E-state index in [9.17, 15) is 8.42 Å². The van der Waals surface area contributed by atoms with Crippen LogP contribution in [-0.4, -0.2) is 29.6 Å². The molecule has 0 aliphatic carbocycles. The molecule has 5 heteroatoms. The third-order valence-electron chi connectivity index (χ3n) is 3.32. The molecule has 19 heavy (non-hydrogen) atoms. The summed E-state index contributed by atoms with van der Waals surface area (Å²) in [7, 11) is -2.89. The molecule has 104 valence electrons. The Bertz CT molecular complexity index is 658. The van der Waals surface area contributed by atoms with Gasteiger partial charge in [0, 0.05) is 24.0 Å². The van der Waals surface area contributed by atoms with E-state index in [1.165, 1.54) is 0 Å². The summed E-state index contributed by atoms with van der Waals surface area (Å²) in [6, 6.07) is 7.82. The van der Waals surface area contributed by atoms with Gasteiger partial charge in [0.15, 0.2) is 0 Å². The van der Waals surface area contributed by atoms with E-state index in [0.717, 1.165) is 16.5 Å². The van der Waals surface area contributed by atoms with Crippen LogP contribution in [0.2, 0.25) is 0 Å². The molecule has 1 N–H and O–H groups in total. The zero-order valence-electron chi connectivity index (χ0n) is 11.0. The summed E-state index contributed by atoms with van der Waals surface area (Å²) in [5.41, 5.74) is 1.91. The molecule has 0 fully saturated rings. The van der Waals surface area contributed by atoms with E-state index >= 15 is 0 Å². The molecule has 0 radical (unpaired) electrons. The molecule has 0 saturated heterocycles. The van der Waals surface area contributed by atoms with Crippen molar-refractivity contribution in [3.8, 4) is 0 Å². The maximum Gasteiger partial charge on any atom is 0.150 e. The third-order valence-corrected chi connectivity index (χ3v) is 5.11. The van der Waals surface area contributed by atoms with Gasteiger partial charge in [-0.25, -0.2) is 8.42 Å². The molecule has 0 bridgehead atoms. The SMILES string of the molecule is CCS(=O)(=O)CCCn1ccc2ccc(CO)cc21. The number of aliphatic hydroxyl groups is 1. The number of aryl methyl sites for hydroxylation is 1. The van der Waals surface area contributed by atoms with Crippen LogP contribution in [0.5, 0.6) is 0 Å². The van der Waals surface area contributed by atoms with Gasteiger partial charge in [-0.05, 0) is 29.5 Å². The molecule has 0 atom stereocenters. The maximum atomic E-state index is 11.4. The molecule has 0 spiro atoms. The van der Waals surface area contributed by atoms with E-state index in [4.69, 9.17) is 5.11 Å². The zero-order valence-corrected chi connectivity index (χ0v) is 11.9. The second-order valence-corrected chi connectivity index (χ2v) is 7.12. The van der Waals surface area contributed by atoms with Gasteiger partial charge in [0.1, 0.15) is 9.84 Å². The first-order valence-electron chi connectivity index (χ1n) is 6.45. The molecule has 1 aromatic heterocycles. The lowest BCUT2D eigenvalue weighted by atomic mass is 10.2. The fraction of sp³-hybridized carbons (Fsp3) is 0.429. The molecule has 0 aliphatic heterocycles. The van der Waals surface area contributed by atoms with Gasteiger partial charge < -0.3 is 9.67 Å². The minimum atomic E-state index is -2.89. The van der Waals surface area contributed by atoms with Gasteiger partial charge in [-0.3, -0.25) is 0 Å². The highest BCUT2D eigenvalue weighted by Crippen LogP contribution is 2.18. The Morgan fingerprint density at radius 3 is 2.74 bits per heavy atom. The number of nitrogens with zero attached hydrogens (tertiary/aromatic N) is 1. The van der Waals surface area contributed by atoms with Gasteiger partial charge in [-0.15, -0.1) is 0 Å². The largest absolute Gasteiger partial charge is 0.392 e. The molecule has 0 unspecified atom stereocenters. The van der Waals surface area contributed by atoms with E-state index in [1.54, 1.807) is 6.92 Å². The first-order valence-corrected chi connectivity index (χ1v) is 8.27. The highest BCUT2D eigenvalue weighted by molar-refractivity contribution is 7.91. The van der Waals surface area contributed by atoms with Crippen molar-refractivity contribution in [3.63, 3.8) is 0 Å². The van der Waals surface area contributed by atoms with E-state index in [-0.39, 0.29) is 18.1 Å². The van der Waals surface area contributed by atoms with E-state index in [2.05, 4.69) is 0 Å². The first kappa shape index (κ1) is 14.1. The highest BCUT2D eigenvalue weighted by Gasteiger charge is 2.08. The van der Waals surface area contributed by atoms with Crippen molar-refractivity contribution in [1.82, 2.24) is 4.57 Å². The van der Waals surface area contributed by atoms with Crippen LogP contribution in [0.1, 0.15) is 18.9 Å². The van der Waals surface area contributed by atoms with Crippen LogP contribution in [0, 0.1) is 0 Å². The minimum absolute atomic E-state index is 0.0192. The molecule has 0 saturated carbocycles. The van der Waals surface area contributed by atoms with Crippen LogP contribution in [0.25, 0.3) is 10.9 Å². The maximum absolute atomic E-state index is 11.4. The average molecular weight is 281 g/mol. The Morgan fingerprint density at radius 2 is 2.05 bits per heavy atom. The first-order chi connectivity index (χ1) is 9.05. The Labute approximate surface area is 113 Å². The molecule has 1 heterocycles. The van der Waals surface area contributed by atoms with Gasteiger partial charge in [-0.2, -0.15) is 0 Å². The lowest BCUT2D eigenvalue weighted by molar-refractivity contribution is 0.282. The number of rotatable bonds is 6. The molecule has 0 aliphatic rings. The lowest BCUT2D eigenvalue weighted by Crippen LogP contribution is -2.11. The van der Waals surface area contributed by atoms with Crippen LogP contribution >= 0.6 is 0 Å². The van der Waals surface area contributed by atoms with Gasteiger partial charge in [0.05, 0.1) is 12.4 Å². The molecular formula is C14H19NO3S. The second-order valence-electron chi connectivity index (χ2n) is 4.65. The fourth-order valence-corrected chi connectivity index (χ4v) is 2.98. The summed E-state index contributed by atoms with van der Waals surface area (Å²) in [6.07, 6.45) is 2.58. The number of sulfone groups is 1. The fourth-order valence-electron chi connectivity index (χ4n) is 2.12. The van der Waals surface area contributed by atoms with Crippen LogP contribution in [-0.2, 0) is 23.0 Å². The van der Waals surface area contributed by atoms with Crippen molar-refractivity contribution >= 4 is 20.7 Å². The van der Waals surface area contributed by atoms with E-state index < -0.39 is 9.84 Å². The van der Waals surface area contributed by atoms with E-state index in [0.29, 0.717) is 13.0 Å². The summed E-state index contributed by atoms with van der Waals surface area (Å²) in [4.78, 5) is 0.